The van der Waals surface area contributed by atoms with Gasteiger partial charge in [0.15, 0.2) is 17.6 Å². The molecule has 0 N–H and O–H groups in total. The highest BCUT2D eigenvalue weighted by Gasteiger charge is 2.61. The molecule has 2 aliphatic rings. The Morgan fingerprint density at radius 3 is 2.16 bits per heavy atom. The first-order chi connectivity index (χ1) is 18.6. The van der Waals surface area contributed by atoms with Crippen LogP contribution in [0.25, 0.3) is 10.8 Å². The zero-order valence-corrected chi connectivity index (χ0v) is 21.2. The Balaban J connectivity index is 1.51. The van der Waals surface area contributed by atoms with Crippen molar-refractivity contribution in [1.29, 1.82) is 0 Å². The largest absolute Gasteiger partial charge is 0.493 e. The number of benzene rings is 4. The van der Waals surface area contributed by atoms with Crippen molar-refractivity contribution >= 4 is 34.0 Å². The summed E-state index contributed by atoms with van der Waals surface area (Å²) in [4.78, 5) is 35.6. The summed E-state index contributed by atoms with van der Waals surface area (Å²) in [7, 11) is 4.60. The second kappa shape index (κ2) is 9.39. The normalized spacial score (nSPS) is 20.7. The molecule has 2 aliphatic heterocycles. The minimum atomic E-state index is -1.01. The fraction of sp³-hybridized carbons (Fsp3) is 0.200. The molecule has 0 unspecified atom stereocenters. The quantitative estimate of drug-likeness (QED) is 0.341. The number of methoxy groups -OCH3 is 3. The first-order valence-electron chi connectivity index (χ1n) is 12.2. The van der Waals surface area contributed by atoms with Gasteiger partial charge in [0, 0.05) is 10.9 Å². The van der Waals surface area contributed by atoms with Gasteiger partial charge in [0.2, 0.25) is 11.7 Å². The zero-order valence-electron chi connectivity index (χ0n) is 21.2. The fourth-order valence-electron chi connectivity index (χ4n) is 5.53. The van der Waals surface area contributed by atoms with Crippen LogP contribution in [0.3, 0.4) is 0 Å². The van der Waals surface area contributed by atoms with E-state index in [-0.39, 0.29) is 5.91 Å². The van der Waals surface area contributed by atoms with Crippen LogP contribution in [0.15, 0.2) is 84.9 Å². The van der Waals surface area contributed by atoms with Crippen LogP contribution in [0.5, 0.6) is 17.2 Å². The van der Waals surface area contributed by atoms with Crippen LogP contribution in [0.2, 0.25) is 0 Å². The van der Waals surface area contributed by atoms with Crippen molar-refractivity contribution in [2.24, 2.45) is 5.92 Å². The molecule has 2 saturated heterocycles. The molecule has 0 aliphatic carbocycles. The van der Waals surface area contributed by atoms with Crippen molar-refractivity contribution in [1.82, 2.24) is 0 Å². The van der Waals surface area contributed by atoms with Crippen molar-refractivity contribution < 1.29 is 28.6 Å². The average Bonchev–Trinajstić information content (AvgIpc) is 3.47. The molecule has 2 fully saturated rings. The lowest BCUT2D eigenvalue weighted by Crippen LogP contribution is -2.37. The first-order valence-corrected chi connectivity index (χ1v) is 12.2. The van der Waals surface area contributed by atoms with Crippen LogP contribution in [-0.4, -0.2) is 39.2 Å². The number of hydrogen-bond donors (Lipinski definition) is 0. The molecule has 0 spiro atoms. The second-order valence-electron chi connectivity index (χ2n) is 9.09. The molecule has 3 atom stereocenters. The summed E-state index contributed by atoms with van der Waals surface area (Å²) in [6.45, 7) is 0. The molecular formula is C30H26N2O6. The third kappa shape index (κ3) is 3.48. The monoisotopic (exact) mass is 510 g/mol. The van der Waals surface area contributed by atoms with E-state index in [9.17, 15) is 9.59 Å². The smallest absolute Gasteiger partial charge is 0.266 e. The molecule has 6 rings (SSSR count). The van der Waals surface area contributed by atoms with E-state index in [2.05, 4.69) is 0 Å². The van der Waals surface area contributed by atoms with E-state index in [1.807, 2.05) is 72.8 Å². The number of carbonyl (C=O) groups is 2. The van der Waals surface area contributed by atoms with E-state index in [4.69, 9.17) is 19.0 Å². The van der Waals surface area contributed by atoms with Gasteiger partial charge < -0.3 is 14.2 Å². The summed E-state index contributed by atoms with van der Waals surface area (Å²) >= 11 is 0. The summed E-state index contributed by atoms with van der Waals surface area (Å²) in [5.74, 6) is -0.275. The molecule has 38 heavy (non-hydrogen) atoms. The van der Waals surface area contributed by atoms with E-state index in [0.29, 0.717) is 34.2 Å². The van der Waals surface area contributed by atoms with E-state index in [1.54, 1.807) is 24.3 Å². The van der Waals surface area contributed by atoms with Gasteiger partial charge >= 0.3 is 0 Å². The van der Waals surface area contributed by atoms with Crippen LogP contribution in [0.4, 0.5) is 11.4 Å². The standard InChI is InChI=1S/C30H26N2O6/c1-35-23-17-16-21(26(36-2)27(23)37-3)25-24-28(38-32(25)19-12-5-4-6-13-19)30(34)31(29(24)33)22-15-9-11-18-10-7-8-14-20(18)22/h4-17,24-25,28H,1-3H3/t24-,25+,28-/m1/s1. The maximum absolute atomic E-state index is 14.2. The van der Waals surface area contributed by atoms with Crippen molar-refractivity contribution in [3.63, 3.8) is 0 Å². The van der Waals surface area contributed by atoms with Crippen LogP contribution >= 0.6 is 0 Å². The molecular weight excluding hydrogens is 484 g/mol. The maximum atomic E-state index is 14.2. The van der Waals surface area contributed by atoms with Gasteiger partial charge in [-0.2, -0.15) is 0 Å². The molecule has 192 valence electrons. The lowest BCUT2D eigenvalue weighted by Gasteiger charge is -2.30. The number of hydrogen-bond acceptors (Lipinski definition) is 7. The number of anilines is 2. The Morgan fingerprint density at radius 1 is 0.711 bits per heavy atom. The van der Waals surface area contributed by atoms with E-state index >= 15 is 0 Å². The summed E-state index contributed by atoms with van der Waals surface area (Å²) in [5.41, 5.74) is 1.89. The van der Waals surface area contributed by atoms with Crippen LogP contribution in [0.1, 0.15) is 11.6 Å². The van der Waals surface area contributed by atoms with Crippen molar-refractivity contribution in [3.8, 4) is 17.2 Å². The molecule has 4 aromatic rings. The lowest BCUT2D eigenvalue weighted by molar-refractivity contribution is -0.126. The van der Waals surface area contributed by atoms with E-state index < -0.39 is 24.0 Å². The molecule has 0 saturated carbocycles. The molecule has 2 amide bonds. The predicted molar refractivity (Wildman–Crippen MR) is 143 cm³/mol. The Morgan fingerprint density at radius 2 is 1.42 bits per heavy atom. The Kier molecular flexibility index (Phi) is 5.88. The molecule has 2 heterocycles. The van der Waals surface area contributed by atoms with Gasteiger partial charge in [-0.15, -0.1) is 0 Å². The minimum Gasteiger partial charge on any atom is -0.493 e. The second-order valence-corrected chi connectivity index (χ2v) is 9.09. The molecule has 8 nitrogen and oxygen atoms in total. The van der Waals surface area contributed by atoms with Crippen LogP contribution in [0, 0.1) is 5.92 Å². The number of para-hydroxylation sites is 1. The zero-order chi connectivity index (χ0) is 26.4. The number of hydroxylamine groups is 1. The average molecular weight is 511 g/mol. The summed E-state index contributed by atoms with van der Waals surface area (Å²) in [5, 5.41) is 3.39. The minimum absolute atomic E-state index is 0.336. The maximum Gasteiger partial charge on any atom is 0.266 e. The Hall–Kier alpha value is -4.56. The molecule has 0 radical (unpaired) electrons. The number of amides is 2. The van der Waals surface area contributed by atoms with E-state index in [1.165, 1.54) is 19.1 Å². The van der Waals surface area contributed by atoms with E-state index in [0.717, 1.165) is 10.8 Å². The summed E-state index contributed by atoms with van der Waals surface area (Å²) < 4.78 is 16.9. The van der Waals surface area contributed by atoms with Gasteiger partial charge in [-0.1, -0.05) is 54.6 Å². The predicted octanol–water partition coefficient (Wildman–Crippen LogP) is 4.92. The Bertz CT molecular complexity index is 1530. The Labute approximate surface area is 219 Å². The topological polar surface area (TPSA) is 77.5 Å². The highest BCUT2D eigenvalue weighted by molar-refractivity contribution is 6.26. The third-order valence-corrected chi connectivity index (χ3v) is 7.19. The van der Waals surface area contributed by atoms with Crippen molar-refractivity contribution in [3.05, 3.63) is 90.5 Å². The highest BCUT2D eigenvalue weighted by atomic mass is 16.7. The highest BCUT2D eigenvalue weighted by Crippen LogP contribution is 2.53. The van der Waals surface area contributed by atoms with Gasteiger partial charge in [0.05, 0.1) is 32.7 Å². The fourth-order valence-corrected chi connectivity index (χ4v) is 5.53. The first kappa shape index (κ1) is 23.8. The number of fused-ring (bicyclic) bond motifs is 2. The molecule has 0 bridgehead atoms. The van der Waals surface area contributed by atoms with Crippen LogP contribution in [-0.2, 0) is 14.4 Å². The van der Waals surface area contributed by atoms with Crippen molar-refractivity contribution in [2.45, 2.75) is 12.1 Å². The number of nitrogens with zero attached hydrogens (tertiary/aromatic N) is 2. The van der Waals surface area contributed by atoms with Crippen molar-refractivity contribution in [2.75, 3.05) is 31.3 Å². The molecule has 4 aromatic carbocycles. The summed E-state index contributed by atoms with van der Waals surface area (Å²) in [6, 6.07) is 25.6. The molecule has 8 heteroatoms. The van der Waals surface area contributed by atoms with Gasteiger partial charge in [-0.3, -0.25) is 14.4 Å². The molecule has 0 aromatic heterocycles. The SMILES string of the molecule is COc1ccc([C@H]2[C@H]3C(=O)N(c4cccc5ccccc45)C(=O)[C@@H]3ON2c2ccccc2)c(OC)c1OC. The van der Waals surface area contributed by atoms with Crippen LogP contribution < -0.4 is 24.2 Å². The van der Waals surface area contributed by atoms with Gasteiger partial charge in [-0.25, -0.2) is 9.96 Å². The third-order valence-electron chi connectivity index (χ3n) is 7.19. The van der Waals surface area contributed by atoms with Gasteiger partial charge in [-0.05, 0) is 35.7 Å². The summed E-state index contributed by atoms with van der Waals surface area (Å²) in [6.07, 6.45) is -1.01. The number of carbonyl (C=O) groups excluding carboxylic acids is 2. The lowest BCUT2D eigenvalue weighted by atomic mass is 9.89. The number of rotatable bonds is 6. The number of ether oxygens (including phenoxy) is 3. The van der Waals surface area contributed by atoms with Gasteiger partial charge in [0.1, 0.15) is 12.0 Å². The number of imide groups is 1. The van der Waals surface area contributed by atoms with Gasteiger partial charge in [0.25, 0.3) is 5.91 Å².